The second-order valence-corrected chi connectivity index (χ2v) is 5.99. The molecule has 3 rings (SSSR count). The van der Waals surface area contributed by atoms with Crippen LogP contribution in [0.4, 0.5) is 4.39 Å². The number of likely N-dealkylation sites (tertiary alicyclic amines) is 1. The highest BCUT2D eigenvalue weighted by Gasteiger charge is 2.26. The molecular weight excluding hydrogens is 328 g/mol. The van der Waals surface area contributed by atoms with Gasteiger partial charge in [-0.2, -0.15) is 0 Å². The van der Waals surface area contributed by atoms with Crippen molar-refractivity contribution in [1.82, 2.24) is 19.9 Å². The van der Waals surface area contributed by atoms with Crippen molar-refractivity contribution in [3.63, 3.8) is 0 Å². The Balaban J connectivity index is 0.00000176. The molecule has 1 aromatic carbocycles. The van der Waals surface area contributed by atoms with Gasteiger partial charge in [-0.25, -0.2) is 9.07 Å². The molecule has 2 unspecified atom stereocenters. The van der Waals surface area contributed by atoms with Gasteiger partial charge in [0.05, 0.1) is 22.6 Å². The highest BCUT2D eigenvalue weighted by molar-refractivity contribution is 6.32. The molecular formula is C14H18Cl2FN5. The van der Waals surface area contributed by atoms with Crippen LogP contribution in [-0.4, -0.2) is 39.0 Å². The predicted octanol–water partition coefficient (Wildman–Crippen LogP) is 2.26. The molecule has 0 saturated carbocycles. The van der Waals surface area contributed by atoms with Crippen molar-refractivity contribution < 1.29 is 4.39 Å². The molecule has 0 amide bonds. The minimum absolute atomic E-state index is 0. The molecule has 1 aliphatic rings. The maximum Gasteiger partial charge on any atom is 0.124 e. The van der Waals surface area contributed by atoms with E-state index in [-0.39, 0.29) is 24.3 Å². The van der Waals surface area contributed by atoms with Gasteiger partial charge in [0.2, 0.25) is 0 Å². The van der Waals surface area contributed by atoms with Gasteiger partial charge in [-0.3, -0.25) is 4.90 Å². The summed E-state index contributed by atoms with van der Waals surface area (Å²) < 4.78 is 14.6. The van der Waals surface area contributed by atoms with E-state index in [4.69, 9.17) is 17.3 Å². The molecule has 0 bridgehead atoms. The quantitative estimate of drug-likeness (QED) is 0.926. The fourth-order valence-corrected chi connectivity index (χ4v) is 2.86. The molecule has 1 aliphatic heterocycles. The van der Waals surface area contributed by atoms with Crippen molar-refractivity contribution in [3.05, 3.63) is 40.9 Å². The van der Waals surface area contributed by atoms with Crippen LogP contribution in [0.25, 0.3) is 5.69 Å². The minimum atomic E-state index is -0.371. The van der Waals surface area contributed by atoms with Crippen LogP contribution in [0.5, 0.6) is 0 Å². The Bertz CT molecular complexity index is 638. The Kier molecular flexibility index (Phi) is 5.39. The highest BCUT2D eigenvalue weighted by atomic mass is 35.5. The smallest absolute Gasteiger partial charge is 0.124 e. The second-order valence-electron chi connectivity index (χ2n) is 5.59. The average molecular weight is 346 g/mol. The Labute approximate surface area is 139 Å². The minimum Gasteiger partial charge on any atom is -0.326 e. The summed E-state index contributed by atoms with van der Waals surface area (Å²) >= 11 is 6.03. The SMILES string of the molecule is CC1CN(Cc2cn(-c3ccc(F)cc3Cl)nn2)CC1N.Cl. The zero-order valence-electron chi connectivity index (χ0n) is 12.1. The molecule has 1 saturated heterocycles. The number of hydrogen-bond acceptors (Lipinski definition) is 4. The first-order valence-corrected chi connectivity index (χ1v) is 7.25. The van der Waals surface area contributed by atoms with Gasteiger partial charge in [0, 0.05) is 25.7 Å². The van der Waals surface area contributed by atoms with Crippen LogP contribution in [0.2, 0.25) is 5.02 Å². The third-order valence-corrected chi connectivity index (χ3v) is 4.13. The molecule has 0 spiro atoms. The fourth-order valence-electron chi connectivity index (χ4n) is 2.61. The lowest BCUT2D eigenvalue weighted by Crippen LogP contribution is -2.28. The molecule has 2 aromatic rings. The number of halogens is 3. The maximum atomic E-state index is 13.1. The van der Waals surface area contributed by atoms with Crippen LogP contribution in [-0.2, 0) is 6.54 Å². The molecule has 2 N–H and O–H groups in total. The summed E-state index contributed by atoms with van der Waals surface area (Å²) in [6, 6.07) is 4.42. The van der Waals surface area contributed by atoms with Crippen molar-refractivity contribution in [2.75, 3.05) is 13.1 Å². The first-order chi connectivity index (χ1) is 10.0. The second kappa shape index (κ2) is 6.91. The van der Waals surface area contributed by atoms with E-state index in [9.17, 15) is 4.39 Å². The van der Waals surface area contributed by atoms with Crippen molar-refractivity contribution in [2.24, 2.45) is 11.7 Å². The van der Waals surface area contributed by atoms with Gasteiger partial charge >= 0.3 is 0 Å². The third kappa shape index (κ3) is 3.57. The zero-order chi connectivity index (χ0) is 15.0. The van der Waals surface area contributed by atoms with Gasteiger partial charge < -0.3 is 5.73 Å². The number of rotatable bonds is 3. The Morgan fingerprint density at radius 2 is 2.18 bits per heavy atom. The van der Waals surface area contributed by atoms with E-state index >= 15 is 0 Å². The summed E-state index contributed by atoms with van der Waals surface area (Å²) in [6.45, 7) is 4.69. The normalized spacial score (nSPS) is 21.8. The zero-order valence-corrected chi connectivity index (χ0v) is 13.7. The first kappa shape index (κ1) is 17.1. The number of benzene rings is 1. The molecule has 5 nitrogen and oxygen atoms in total. The molecule has 0 radical (unpaired) electrons. The summed E-state index contributed by atoms with van der Waals surface area (Å²) in [5.74, 6) is 0.121. The molecule has 8 heteroatoms. The highest BCUT2D eigenvalue weighted by Crippen LogP contribution is 2.21. The monoisotopic (exact) mass is 345 g/mol. The lowest BCUT2D eigenvalue weighted by atomic mass is 10.1. The number of hydrogen-bond donors (Lipinski definition) is 1. The van der Waals surface area contributed by atoms with Gasteiger partial charge in [-0.1, -0.05) is 23.7 Å². The van der Waals surface area contributed by atoms with E-state index in [1.54, 1.807) is 10.7 Å². The van der Waals surface area contributed by atoms with E-state index in [1.807, 2.05) is 6.20 Å². The fraction of sp³-hybridized carbons (Fsp3) is 0.429. The lowest BCUT2D eigenvalue weighted by Gasteiger charge is -2.12. The molecule has 1 aromatic heterocycles. The van der Waals surface area contributed by atoms with Crippen LogP contribution in [0.3, 0.4) is 0 Å². The van der Waals surface area contributed by atoms with Gasteiger partial charge in [0.15, 0.2) is 0 Å². The first-order valence-electron chi connectivity index (χ1n) is 6.87. The predicted molar refractivity (Wildman–Crippen MR) is 86.0 cm³/mol. The standard InChI is InChI=1S/C14H17ClFN5.ClH/c1-9-5-20(8-13(9)17)6-11-7-21(19-18-11)14-3-2-10(16)4-12(14)15;/h2-4,7,9,13H,5-6,8,17H2,1H3;1H. The van der Waals surface area contributed by atoms with Gasteiger partial charge in [-0.15, -0.1) is 17.5 Å². The Hall–Kier alpha value is -1.21. The number of nitrogens with zero attached hydrogens (tertiary/aromatic N) is 4. The topological polar surface area (TPSA) is 60.0 Å². The van der Waals surface area contributed by atoms with Crippen molar-refractivity contribution in [3.8, 4) is 5.69 Å². The van der Waals surface area contributed by atoms with E-state index < -0.39 is 0 Å². The number of aromatic nitrogens is 3. The third-order valence-electron chi connectivity index (χ3n) is 3.83. The van der Waals surface area contributed by atoms with E-state index in [1.165, 1.54) is 12.1 Å². The average Bonchev–Trinajstić information content (AvgIpc) is 2.98. The van der Waals surface area contributed by atoms with Gasteiger partial charge in [0.1, 0.15) is 5.82 Å². The summed E-state index contributed by atoms with van der Waals surface area (Å²) in [6.07, 6.45) is 1.81. The van der Waals surface area contributed by atoms with E-state index in [2.05, 4.69) is 22.1 Å². The maximum absolute atomic E-state index is 13.1. The van der Waals surface area contributed by atoms with E-state index in [0.717, 1.165) is 18.8 Å². The summed E-state index contributed by atoms with van der Waals surface area (Å²) in [7, 11) is 0. The van der Waals surface area contributed by atoms with Crippen molar-refractivity contribution in [2.45, 2.75) is 19.5 Å². The van der Waals surface area contributed by atoms with Crippen molar-refractivity contribution in [1.29, 1.82) is 0 Å². The summed E-state index contributed by atoms with van der Waals surface area (Å²) in [5, 5.41) is 8.52. The Morgan fingerprint density at radius 1 is 1.41 bits per heavy atom. The van der Waals surface area contributed by atoms with Crippen LogP contribution in [0.15, 0.2) is 24.4 Å². The summed E-state index contributed by atoms with van der Waals surface area (Å²) in [5.41, 5.74) is 7.48. The van der Waals surface area contributed by atoms with Crippen LogP contribution in [0.1, 0.15) is 12.6 Å². The van der Waals surface area contributed by atoms with Crippen LogP contribution >= 0.6 is 24.0 Å². The van der Waals surface area contributed by atoms with Crippen molar-refractivity contribution >= 4 is 24.0 Å². The molecule has 120 valence electrons. The molecule has 0 aliphatic carbocycles. The Morgan fingerprint density at radius 3 is 2.82 bits per heavy atom. The van der Waals surface area contributed by atoms with Crippen LogP contribution in [0, 0.1) is 11.7 Å². The lowest BCUT2D eigenvalue weighted by molar-refractivity contribution is 0.315. The van der Waals surface area contributed by atoms with Gasteiger partial charge in [0.25, 0.3) is 0 Å². The molecule has 22 heavy (non-hydrogen) atoms. The summed E-state index contributed by atoms with van der Waals surface area (Å²) in [4.78, 5) is 2.26. The molecule has 2 heterocycles. The van der Waals surface area contributed by atoms with E-state index in [0.29, 0.717) is 23.2 Å². The largest absolute Gasteiger partial charge is 0.326 e. The number of nitrogens with two attached hydrogens (primary N) is 1. The van der Waals surface area contributed by atoms with Gasteiger partial charge in [-0.05, 0) is 24.1 Å². The molecule has 1 fully saturated rings. The molecule has 2 atom stereocenters. The van der Waals surface area contributed by atoms with Crippen LogP contribution < -0.4 is 5.73 Å².